The molecule has 1 aliphatic heterocycles. The van der Waals surface area contributed by atoms with Gasteiger partial charge in [-0.25, -0.2) is 0 Å². The topological polar surface area (TPSA) is 51.3 Å². The molecule has 108 valence electrons. The summed E-state index contributed by atoms with van der Waals surface area (Å²) in [5, 5.41) is 3.29. The zero-order valence-corrected chi connectivity index (χ0v) is 12.7. The number of rotatable bonds is 4. The van der Waals surface area contributed by atoms with Crippen LogP contribution in [0.25, 0.3) is 10.2 Å². The van der Waals surface area contributed by atoms with E-state index in [-0.39, 0.29) is 5.91 Å². The van der Waals surface area contributed by atoms with Crippen LogP contribution in [-0.2, 0) is 17.8 Å². The van der Waals surface area contributed by atoms with Gasteiger partial charge in [0.1, 0.15) is 4.83 Å². The summed E-state index contributed by atoms with van der Waals surface area (Å²) in [4.78, 5) is 14.9. The van der Waals surface area contributed by atoms with Crippen LogP contribution in [0.3, 0.4) is 0 Å². The fourth-order valence-corrected chi connectivity index (χ4v) is 3.99. The van der Waals surface area contributed by atoms with E-state index in [0.717, 1.165) is 18.0 Å². The van der Waals surface area contributed by atoms with Gasteiger partial charge in [0.15, 0.2) is 0 Å². The van der Waals surface area contributed by atoms with Crippen molar-refractivity contribution in [3.8, 4) is 0 Å². The first-order valence-electron chi connectivity index (χ1n) is 7.15. The Bertz CT molecular complexity index is 608. The van der Waals surface area contributed by atoms with E-state index in [9.17, 15) is 4.79 Å². The van der Waals surface area contributed by atoms with Crippen molar-refractivity contribution < 1.29 is 4.79 Å². The van der Waals surface area contributed by atoms with Crippen molar-refractivity contribution in [1.82, 2.24) is 9.47 Å². The summed E-state index contributed by atoms with van der Waals surface area (Å²) in [5.74, 6) is 0.486. The molecule has 2 aromatic rings. The van der Waals surface area contributed by atoms with E-state index < -0.39 is 0 Å². The molecule has 1 fully saturated rings. The predicted molar refractivity (Wildman–Crippen MR) is 82.9 cm³/mol. The normalized spacial score (nSPS) is 17.9. The van der Waals surface area contributed by atoms with Crippen LogP contribution in [0.4, 0.5) is 0 Å². The van der Waals surface area contributed by atoms with Crippen molar-refractivity contribution in [3.63, 3.8) is 0 Å². The molecule has 2 N–H and O–H groups in total. The predicted octanol–water partition coefficient (Wildman–Crippen LogP) is 2.07. The third kappa shape index (κ3) is 2.74. The first-order chi connectivity index (χ1) is 9.63. The molecule has 0 spiro atoms. The van der Waals surface area contributed by atoms with Gasteiger partial charge in [-0.2, -0.15) is 0 Å². The Kier molecular flexibility index (Phi) is 3.81. The molecule has 5 heteroatoms. The lowest BCUT2D eigenvalue weighted by molar-refractivity contribution is -0.117. The van der Waals surface area contributed by atoms with Gasteiger partial charge in [0.05, 0.1) is 6.42 Å². The van der Waals surface area contributed by atoms with Crippen molar-refractivity contribution in [3.05, 3.63) is 23.2 Å². The Balaban J connectivity index is 1.80. The smallest absolute Gasteiger partial charge is 0.221 e. The number of piperidine rings is 1. The first kappa shape index (κ1) is 13.6. The zero-order chi connectivity index (χ0) is 14.1. The molecule has 2 aromatic heterocycles. The van der Waals surface area contributed by atoms with Crippen molar-refractivity contribution in [2.45, 2.75) is 25.8 Å². The molecule has 0 atom stereocenters. The molecule has 20 heavy (non-hydrogen) atoms. The molecule has 1 aliphatic rings. The number of thiophene rings is 1. The molecule has 1 amide bonds. The van der Waals surface area contributed by atoms with Crippen LogP contribution in [0.5, 0.6) is 0 Å². The zero-order valence-electron chi connectivity index (χ0n) is 11.8. The van der Waals surface area contributed by atoms with Gasteiger partial charge in [-0.15, -0.1) is 11.3 Å². The van der Waals surface area contributed by atoms with Gasteiger partial charge in [0.2, 0.25) is 5.91 Å². The summed E-state index contributed by atoms with van der Waals surface area (Å²) in [6.07, 6.45) is 4.98. The van der Waals surface area contributed by atoms with Gasteiger partial charge in [-0.3, -0.25) is 4.79 Å². The van der Waals surface area contributed by atoms with Crippen LogP contribution >= 0.6 is 11.3 Å². The number of hydrogen-bond acceptors (Lipinski definition) is 3. The molecular formula is C15H21N3OS. The standard InChI is InChI=1S/C15H21N3OS/c1-17-5-2-11(3-6-17)9-18-10-12(8-14(16)19)13-4-7-20-15(13)18/h4,7,10-11H,2-3,5-6,8-9H2,1H3,(H2,16,19). The lowest BCUT2D eigenvalue weighted by Gasteiger charge is -2.29. The second-order valence-corrected chi connectivity index (χ2v) is 6.73. The van der Waals surface area contributed by atoms with Crippen LogP contribution in [0.15, 0.2) is 17.6 Å². The molecule has 0 aliphatic carbocycles. The maximum absolute atomic E-state index is 11.2. The minimum Gasteiger partial charge on any atom is -0.369 e. The van der Waals surface area contributed by atoms with E-state index >= 15 is 0 Å². The number of carbonyl (C=O) groups is 1. The van der Waals surface area contributed by atoms with E-state index in [2.05, 4.69) is 34.2 Å². The highest BCUT2D eigenvalue weighted by atomic mass is 32.1. The van der Waals surface area contributed by atoms with Crippen molar-refractivity contribution >= 4 is 27.5 Å². The SMILES string of the molecule is CN1CCC(Cn2cc(CC(N)=O)c3ccsc32)CC1. The number of nitrogens with two attached hydrogens (primary N) is 1. The number of likely N-dealkylation sites (tertiary alicyclic amines) is 1. The summed E-state index contributed by atoms with van der Waals surface area (Å²) in [6, 6.07) is 2.10. The molecule has 0 saturated carbocycles. The largest absolute Gasteiger partial charge is 0.369 e. The molecule has 0 aromatic carbocycles. The maximum atomic E-state index is 11.2. The summed E-state index contributed by atoms with van der Waals surface area (Å²) in [7, 11) is 2.19. The minimum absolute atomic E-state index is 0.255. The average molecular weight is 291 g/mol. The van der Waals surface area contributed by atoms with E-state index in [1.165, 1.54) is 36.1 Å². The molecule has 0 bridgehead atoms. The van der Waals surface area contributed by atoms with Gasteiger partial charge >= 0.3 is 0 Å². The number of amides is 1. The van der Waals surface area contributed by atoms with E-state index in [0.29, 0.717) is 6.42 Å². The Morgan fingerprint density at radius 2 is 2.20 bits per heavy atom. The lowest BCUT2D eigenvalue weighted by atomic mass is 9.97. The second kappa shape index (κ2) is 5.58. The summed E-state index contributed by atoms with van der Waals surface area (Å²) in [5.41, 5.74) is 6.41. The van der Waals surface area contributed by atoms with Gasteiger partial charge in [0.25, 0.3) is 0 Å². The van der Waals surface area contributed by atoms with E-state index in [4.69, 9.17) is 5.73 Å². The average Bonchev–Trinajstić information content (AvgIpc) is 2.97. The number of fused-ring (bicyclic) bond motifs is 1. The summed E-state index contributed by atoms with van der Waals surface area (Å²) in [6.45, 7) is 3.44. The highest BCUT2D eigenvalue weighted by Gasteiger charge is 2.19. The summed E-state index contributed by atoms with van der Waals surface area (Å²) < 4.78 is 2.33. The van der Waals surface area contributed by atoms with Crippen LogP contribution in [0.1, 0.15) is 18.4 Å². The van der Waals surface area contributed by atoms with Crippen LogP contribution in [0, 0.1) is 5.92 Å². The fourth-order valence-electron chi connectivity index (χ4n) is 3.07. The Morgan fingerprint density at radius 1 is 1.45 bits per heavy atom. The number of nitrogens with zero attached hydrogens (tertiary/aromatic N) is 2. The molecule has 0 unspecified atom stereocenters. The van der Waals surface area contributed by atoms with Gasteiger partial charge < -0.3 is 15.2 Å². The third-order valence-corrected chi connectivity index (χ3v) is 5.17. The fraction of sp³-hybridized carbons (Fsp3) is 0.533. The van der Waals surface area contributed by atoms with Crippen molar-refractivity contribution in [2.24, 2.45) is 11.7 Å². The molecule has 3 rings (SSSR count). The van der Waals surface area contributed by atoms with Gasteiger partial charge in [-0.1, -0.05) is 0 Å². The first-order valence-corrected chi connectivity index (χ1v) is 8.03. The van der Waals surface area contributed by atoms with Crippen LogP contribution in [-0.4, -0.2) is 35.5 Å². The number of aromatic nitrogens is 1. The number of carbonyl (C=O) groups excluding carboxylic acids is 1. The van der Waals surface area contributed by atoms with Gasteiger partial charge in [0, 0.05) is 18.1 Å². The quantitative estimate of drug-likeness (QED) is 0.937. The second-order valence-electron chi connectivity index (χ2n) is 5.84. The van der Waals surface area contributed by atoms with Crippen LogP contribution in [0.2, 0.25) is 0 Å². The Hall–Kier alpha value is -1.33. The molecular weight excluding hydrogens is 270 g/mol. The van der Waals surface area contributed by atoms with Crippen LogP contribution < -0.4 is 5.73 Å². The highest BCUT2D eigenvalue weighted by Crippen LogP contribution is 2.29. The number of hydrogen-bond donors (Lipinski definition) is 1. The number of primary amides is 1. The Labute approximate surface area is 123 Å². The lowest BCUT2D eigenvalue weighted by Crippen LogP contribution is -2.31. The maximum Gasteiger partial charge on any atom is 0.221 e. The highest BCUT2D eigenvalue weighted by molar-refractivity contribution is 7.16. The molecule has 3 heterocycles. The monoisotopic (exact) mass is 291 g/mol. The van der Waals surface area contributed by atoms with Gasteiger partial charge in [-0.05, 0) is 55.9 Å². The minimum atomic E-state index is -0.255. The summed E-state index contributed by atoms with van der Waals surface area (Å²) >= 11 is 1.75. The molecule has 0 radical (unpaired) electrons. The Morgan fingerprint density at radius 3 is 2.90 bits per heavy atom. The van der Waals surface area contributed by atoms with E-state index in [1.807, 2.05) is 0 Å². The van der Waals surface area contributed by atoms with Crippen molar-refractivity contribution in [2.75, 3.05) is 20.1 Å². The molecule has 4 nitrogen and oxygen atoms in total. The third-order valence-electron chi connectivity index (χ3n) is 4.22. The molecule has 1 saturated heterocycles. The van der Waals surface area contributed by atoms with E-state index in [1.54, 1.807) is 11.3 Å². The van der Waals surface area contributed by atoms with Crippen molar-refractivity contribution in [1.29, 1.82) is 0 Å².